The number of hydrogen-bond acceptors (Lipinski definition) is 6. The first kappa shape index (κ1) is 15.8. The fourth-order valence-corrected chi connectivity index (χ4v) is 3.47. The maximum atomic E-state index is 12.2. The van der Waals surface area contributed by atoms with Crippen LogP contribution in [-0.4, -0.2) is 34.7 Å². The van der Waals surface area contributed by atoms with E-state index in [-0.39, 0.29) is 12.6 Å². The van der Waals surface area contributed by atoms with E-state index < -0.39 is 17.1 Å². The lowest BCUT2D eigenvalue weighted by atomic mass is 10.2. The summed E-state index contributed by atoms with van der Waals surface area (Å²) >= 11 is 2.35. The molecule has 0 unspecified atom stereocenters. The van der Waals surface area contributed by atoms with Crippen LogP contribution in [0.5, 0.6) is 0 Å². The van der Waals surface area contributed by atoms with Crippen LogP contribution in [-0.2, 0) is 14.3 Å². The summed E-state index contributed by atoms with van der Waals surface area (Å²) in [6, 6.07) is 1.95. The van der Waals surface area contributed by atoms with Crippen molar-refractivity contribution in [1.82, 2.24) is 4.90 Å². The van der Waals surface area contributed by atoms with Crippen molar-refractivity contribution < 1.29 is 19.1 Å². The van der Waals surface area contributed by atoms with Crippen LogP contribution in [0.25, 0.3) is 6.08 Å². The molecule has 21 heavy (non-hydrogen) atoms. The Balaban J connectivity index is 2.12. The number of hydrogen-bond donors (Lipinski definition) is 0. The maximum absolute atomic E-state index is 12.2. The van der Waals surface area contributed by atoms with E-state index in [0.717, 1.165) is 27.1 Å². The van der Waals surface area contributed by atoms with Gasteiger partial charge >= 0.3 is 5.97 Å². The van der Waals surface area contributed by atoms with Crippen molar-refractivity contribution in [1.29, 1.82) is 0 Å². The van der Waals surface area contributed by atoms with Crippen molar-refractivity contribution in [3.8, 4) is 0 Å². The Kier molecular flexibility index (Phi) is 4.84. The summed E-state index contributed by atoms with van der Waals surface area (Å²) in [6.45, 7) is 5.02. The third-order valence-corrected chi connectivity index (χ3v) is 4.57. The molecule has 0 aliphatic carbocycles. The van der Waals surface area contributed by atoms with Gasteiger partial charge in [-0.15, -0.1) is 11.3 Å². The Bertz CT molecular complexity index is 618. The number of aryl methyl sites for hydroxylation is 1. The molecule has 2 amide bonds. The van der Waals surface area contributed by atoms with E-state index in [0.29, 0.717) is 4.91 Å². The number of amides is 2. The SMILES string of the molecule is Cc1ccsc1/C=C1\SC(=O)N(CC(=O)OC(C)C)C1=O. The van der Waals surface area contributed by atoms with Crippen LogP contribution >= 0.6 is 23.1 Å². The minimum absolute atomic E-state index is 0.276. The van der Waals surface area contributed by atoms with E-state index in [2.05, 4.69) is 0 Å². The predicted octanol–water partition coefficient (Wildman–Crippen LogP) is 3.04. The molecule has 0 N–H and O–H groups in total. The lowest BCUT2D eigenvalue weighted by molar-refractivity contribution is -0.149. The van der Waals surface area contributed by atoms with Gasteiger partial charge < -0.3 is 4.74 Å². The van der Waals surface area contributed by atoms with Crippen LogP contribution < -0.4 is 0 Å². The number of thiophene rings is 1. The molecule has 112 valence electrons. The first-order chi connectivity index (χ1) is 9.88. The number of esters is 1. The molecule has 0 aromatic carbocycles. The molecule has 2 rings (SSSR count). The second kappa shape index (κ2) is 6.44. The van der Waals surface area contributed by atoms with Gasteiger partial charge in [-0.25, -0.2) is 0 Å². The van der Waals surface area contributed by atoms with Crippen molar-refractivity contribution in [3.05, 3.63) is 26.8 Å². The summed E-state index contributed by atoms with van der Waals surface area (Å²) in [5.41, 5.74) is 1.05. The molecule has 1 aromatic rings. The third kappa shape index (κ3) is 3.74. The van der Waals surface area contributed by atoms with E-state index in [9.17, 15) is 14.4 Å². The highest BCUT2D eigenvalue weighted by Gasteiger charge is 2.36. The van der Waals surface area contributed by atoms with Crippen LogP contribution in [0.4, 0.5) is 4.79 Å². The van der Waals surface area contributed by atoms with Gasteiger partial charge in [-0.05, 0) is 55.6 Å². The van der Waals surface area contributed by atoms with Crippen molar-refractivity contribution in [3.63, 3.8) is 0 Å². The standard InChI is InChI=1S/C14H15NO4S2/c1-8(2)19-12(16)7-15-13(17)11(21-14(15)18)6-10-9(3)4-5-20-10/h4-6,8H,7H2,1-3H3/b11-6-. The van der Waals surface area contributed by atoms with Gasteiger partial charge in [0.15, 0.2) is 0 Å². The highest BCUT2D eigenvalue weighted by molar-refractivity contribution is 8.18. The Morgan fingerprint density at radius 3 is 2.71 bits per heavy atom. The number of ether oxygens (including phenoxy) is 1. The molecule has 0 atom stereocenters. The molecule has 1 fully saturated rings. The van der Waals surface area contributed by atoms with Crippen molar-refractivity contribution in [2.45, 2.75) is 26.9 Å². The monoisotopic (exact) mass is 325 g/mol. The molecule has 7 heteroatoms. The largest absolute Gasteiger partial charge is 0.462 e. The Labute approximate surface area is 131 Å². The van der Waals surface area contributed by atoms with Gasteiger partial charge in [-0.2, -0.15) is 0 Å². The van der Waals surface area contributed by atoms with Crippen molar-refractivity contribution in [2.24, 2.45) is 0 Å². The van der Waals surface area contributed by atoms with Crippen LogP contribution in [0, 0.1) is 6.92 Å². The van der Waals surface area contributed by atoms with E-state index in [1.807, 2.05) is 18.4 Å². The van der Waals surface area contributed by atoms with E-state index in [1.54, 1.807) is 19.9 Å². The van der Waals surface area contributed by atoms with Gasteiger partial charge in [-0.1, -0.05) is 0 Å². The summed E-state index contributed by atoms with van der Waals surface area (Å²) in [6.07, 6.45) is 1.42. The molecule has 0 bridgehead atoms. The molecule has 1 aliphatic rings. The number of imide groups is 1. The summed E-state index contributed by atoms with van der Waals surface area (Å²) < 4.78 is 4.96. The van der Waals surface area contributed by atoms with Crippen LogP contribution in [0.3, 0.4) is 0 Å². The summed E-state index contributed by atoms with van der Waals surface area (Å²) in [5.74, 6) is -1.03. The number of carbonyl (C=O) groups excluding carboxylic acids is 3. The lowest BCUT2D eigenvalue weighted by Gasteiger charge is -2.13. The van der Waals surface area contributed by atoms with E-state index >= 15 is 0 Å². The summed E-state index contributed by atoms with van der Waals surface area (Å²) in [7, 11) is 0. The minimum atomic E-state index is -0.583. The first-order valence-electron chi connectivity index (χ1n) is 6.37. The quantitative estimate of drug-likeness (QED) is 0.629. The molecule has 1 aromatic heterocycles. The van der Waals surface area contributed by atoms with Gasteiger partial charge in [0.05, 0.1) is 11.0 Å². The second-order valence-corrected chi connectivity index (χ2v) is 6.72. The fraction of sp³-hybridized carbons (Fsp3) is 0.357. The average Bonchev–Trinajstić information content (AvgIpc) is 2.88. The second-order valence-electron chi connectivity index (χ2n) is 4.77. The normalized spacial score (nSPS) is 17.1. The zero-order valence-electron chi connectivity index (χ0n) is 11.9. The fourth-order valence-electron chi connectivity index (χ4n) is 1.72. The zero-order chi connectivity index (χ0) is 15.6. The molecule has 1 saturated heterocycles. The van der Waals surface area contributed by atoms with Gasteiger partial charge in [0.2, 0.25) is 0 Å². The molecular weight excluding hydrogens is 310 g/mol. The third-order valence-electron chi connectivity index (χ3n) is 2.69. The lowest BCUT2D eigenvalue weighted by Crippen LogP contribution is -2.35. The van der Waals surface area contributed by atoms with Crippen LogP contribution in [0.1, 0.15) is 24.3 Å². The highest BCUT2D eigenvalue weighted by atomic mass is 32.2. The predicted molar refractivity (Wildman–Crippen MR) is 83.0 cm³/mol. The molecule has 5 nitrogen and oxygen atoms in total. The number of nitrogens with zero attached hydrogens (tertiary/aromatic N) is 1. The van der Waals surface area contributed by atoms with Crippen molar-refractivity contribution >= 4 is 46.3 Å². The summed E-state index contributed by atoms with van der Waals surface area (Å²) in [4.78, 5) is 37.8. The van der Waals surface area contributed by atoms with Gasteiger partial charge in [0, 0.05) is 4.88 Å². The van der Waals surface area contributed by atoms with Gasteiger partial charge in [0.25, 0.3) is 11.1 Å². The van der Waals surface area contributed by atoms with Gasteiger partial charge in [-0.3, -0.25) is 19.3 Å². The Hall–Kier alpha value is -1.60. The first-order valence-corrected chi connectivity index (χ1v) is 8.07. The van der Waals surface area contributed by atoms with Gasteiger partial charge in [0.1, 0.15) is 6.54 Å². The highest BCUT2D eigenvalue weighted by Crippen LogP contribution is 2.33. The maximum Gasteiger partial charge on any atom is 0.326 e. The molecule has 0 spiro atoms. The zero-order valence-corrected chi connectivity index (χ0v) is 13.5. The molecule has 1 aliphatic heterocycles. The smallest absolute Gasteiger partial charge is 0.326 e. The molecule has 2 heterocycles. The van der Waals surface area contributed by atoms with Crippen LogP contribution in [0.15, 0.2) is 16.4 Å². The number of carbonyl (C=O) groups is 3. The number of thioether (sulfide) groups is 1. The van der Waals surface area contributed by atoms with E-state index in [1.165, 1.54) is 11.3 Å². The van der Waals surface area contributed by atoms with E-state index in [4.69, 9.17) is 4.74 Å². The number of rotatable bonds is 4. The molecular formula is C14H15NO4S2. The topological polar surface area (TPSA) is 63.7 Å². The Morgan fingerprint density at radius 2 is 2.14 bits per heavy atom. The molecule has 0 saturated carbocycles. The summed E-state index contributed by atoms with van der Waals surface area (Å²) in [5, 5.41) is 1.48. The van der Waals surface area contributed by atoms with Crippen molar-refractivity contribution in [2.75, 3.05) is 6.54 Å². The van der Waals surface area contributed by atoms with Crippen LogP contribution in [0.2, 0.25) is 0 Å². The Morgan fingerprint density at radius 1 is 1.43 bits per heavy atom. The molecule has 0 radical (unpaired) electrons. The minimum Gasteiger partial charge on any atom is -0.462 e. The average molecular weight is 325 g/mol.